The maximum absolute atomic E-state index is 12.1. The first-order valence-electron chi connectivity index (χ1n) is 7.11. The van der Waals surface area contributed by atoms with Crippen LogP contribution in [0.15, 0.2) is 0 Å². The molecule has 0 bridgehead atoms. The first-order chi connectivity index (χ1) is 9.30. The molecule has 0 spiro atoms. The van der Waals surface area contributed by atoms with Crippen LogP contribution in [-0.2, 0) is 18.5 Å². The Labute approximate surface area is 129 Å². The second-order valence-corrected chi connectivity index (χ2v) is 11.8. The first kappa shape index (κ1) is 18.3. The van der Waals surface area contributed by atoms with Crippen LogP contribution in [0, 0.1) is 5.92 Å². The third kappa shape index (κ3) is 5.95. The van der Waals surface area contributed by atoms with Crippen LogP contribution in [-0.4, -0.2) is 48.7 Å². The second kappa shape index (κ2) is 8.06. The molecule has 1 rings (SSSR count). The molecule has 0 atom stereocenters. The second-order valence-electron chi connectivity index (χ2n) is 5.44. The van der Waals surface area contributed by atoms with Crippen molar-refractivity contribution in [2.75, 3.05) is 34.5 Å². The summed E-state index contributed by atoms with van der Waals surface area (Å²) in [5.41, 5.74) is 0. The molecule has 0 unspecified atom stereocenters. The molecule has 0 N–H and O–H groups in total. The number of ketones is 1. The van der Waals surface area contributed by atoms with E-state index in [9.17, 15) is 13.2 Å². The number of unbranched alkanes of at least 4 members (excludes halogenated alkanes) is 1. The molecule has 0 aliphatic carbocycles. The number of Topliss-reactive ketones (excluding diaryl/α,β-unsaturated/α-hetero) is 1. The van der Waals surface area contributed by atoms with Crippen molar-refractivity contribution in [3.05, 3.63) is 0 Å². The minimum Gasteiger partial charge on any atom is -0.298 e. The van der Waals surface area contributed by atoms with Crippen molar-refractivity contribution in [1.29, 1.82) is 0 Å². The van der Waals surface area contributed by atoms with Crippen LogP contribution >= 0.6 is 22.1 Å². The number of carbonyl (C=O) groups excluding carboxylic acids is 1. The fourth-order valence-electron chi connectivity index (χ4n) is 1.86. The Morgan fingerprint density at radius 3 is 2.40 bits per heavy atom. The quantitative estimate of drug-likeness (QED) is 0.679. The summed E-state index contributed by atoms with van der Waals surface area (Å²) in [6.07, 6.45) is 1.44. The minimum absolute atomic E-state index is 0.0594. The van der Waals surface area contributed by atoms with Crippen molar-refractivity contribution < 1.29 is 16.8 Å². The van der Waals surface area contributed by atoms with E-state index in [4.69, 9.17) is 3.63 Å². The summed E-state index contributed by atoms with van der Waals surface area (Å²) in [5.74, 6) is 3.67. The highest BCUT2D eigenvalue weighted by Crippen LogP contribution is 2.54. The van der Waals surface area contributed by atoms with Gasteiger partial charge in [0.15, 0.2) is 0 Å². The first-order valence-corrected chi connectivity index (χ1v) is 11.9. The van der Waals surface area contributed by atoms with Crippen LogP contribution in [0.4, 0.5) is 0 Å². The summed E-state index contributed by atoms with van der Waals surface area (Å²) in [6.45, 7) is 5.68. The van der Waals surface area contributed by atoms with Crippen molar-refractivity contribution in [1.82, 2.24) is 0 Å². The fourth-order valence-corrected chi connectivity index (χ4v) is 10.2. The molecule has 7 heteroatoms. The SMILES string of the molecule is CCCCS(=O)(=O)OS1(CC(=O)C(C)C)CCSCC1. The Balaban J connectivity index is 2.80. The molecule has 1 aliphatic heterocycles. The molecule has 4 nitrogen and oxygen atoms in total. The van der Waals surface area contributed by atoms with E-state index in [0.29, 0.717) is 12.2 Å². The third-order valence-corrected chi connectivity index (χ3v) is 10.2. The highest BCUT2D eigenvalue weighted by molar-refractivity contribution is 8.34. The zero-order chi connectivity index (χ0) is 15.2. The predicted molar refractivity (Wildman–Crippen MR) is 89.1 cm³/mol. The van der Waals surface area contributed by atoms with Crippen LogP contribution in [0.1, 0.15) is 33.6 Å². The molecule has 1 fully saturated rings. The Kier molecular flexibility index (Phi) is 7.38. The molecule has 0 aromatic carbocycles. The number of thioether (sulfide) groups is 1. The van der Waals surface area contributed by atoms with Gasteiger partial charge < -0.3 is 0 Å². The van der Waals surface area contributed by atoms with Crippen LogP contribution < -0.4 is 0 Å². The van der Waals surface area contributed by atoms with Crippen molar-refractivity contribution in [2.45, 2.75) is 33.6 Å². The zero-order valence-electron chi connectivity index (χ0n) is 12.6. The molecule has 1 heterocycles. The number of rotatable bonds is 8. The van der Waals surface area contributed by atoms with E-state index >= 15 is 0 Å². The van der Waals surface area contributed by atoms with E-state index in [0.717, 1.165) is 29.4 Å². The van der Waals surface area contributed by atoms with E-state index in [1.54, 1.807) is 0 Å². The Morgan fingerprint density at radius 2 is 1.90 bits per heavy atom. The highest BCUT2D eigenvalue weighted by atomic mass is 32.3. The molecular weight excluding hydrogens is 316 g/mol. The molecule has 0 amide bonds. The minimum atomic E-state index is -3.50. The molecule has 0 radical (unpaired) electrons. The molecule has 1 saturated heterocycles. The summed E-state index contributed by atoms with van der Waals surface area (Å²) in [5, 5.41) is 0. The molecule has 1 aliphatic rings. The van der Waals surface area contributed by atoms with E-state index in [2.05, 4.69) is 0 Å². The lowest BCUT2D eigenvalue weighted by molar-refractivity contribution is -0.119. The van der Waals surface area contributed by atoms with Gasteiger partial charge in [-0.2, -0.15) is 20.2 Å². The van der Waals surface area contributed by atoms with Gasteiger partial charge in [0, 0.05) is 28.9 Å². The van der Waals surface area contributed by atoms with Gasteiger partial charge >= 0.3 is 0 Å². The Hall–Kier alpha value is 0.280. The lowest BCUT2D eigenvalue weighted by Gasteiger charge is -2.40. The summed E-state index contributed by atoms with van der Waals surface area (Å²) in [4.78, 5) is 12.1. The molecule has 0 aromatic rings. The Morgan fingerprint density at radius 1 is 1.30 bits per heavy atom. The average Bonchev–Trinajstić information content (AvgIpc) is 2.36. The summed E-state index contributed by atoms with van der Waals surface area (Å²) < 4.78 is 29.8. The van der Waals surface area contributed by atoms with Gasteiger partial charge in [-0.05, 0) is 6.42 Å². The lowest BCUT2D eigenvalue weighted by Crippen LogP contribution is -2.31. The van der Waals surface area contributed by atoms with E-state index in [-0.39, 0.29) is 17.5 Å². The highest BCUT2D eigenvalue weighted by Gasteiger charge is 2.35. The fraction of sp³-hybridized carbons (Fsp3) is 0.923. The van der Waals surface area contributed by atoms with Gasteiger partial charge in [0.05, 0.1) is 11.5 Å². The molecule has 0 saturated carbocycles. The van der Waals surface area contributed by atoms with E-state index in [1.165, 1.54) is 0 Å². The van der Waals surface area contributed by atoms with E-state index in [1.807, 2.05) is 32.5 Å². The van der Waals surface area contributed by atoms with Crippen LogP contribution in [0.2, 0.25) is 0 Å². The topological polar surface area (TPSA) is 60.4 Å². The largest absolute Gasteiger partial charge is 0.298 e. The van der Waals surface area contributed by atoms with Crippen molar-refractivity contribution in [3.8, 4) is 0 Å². The normalized spacial score (nSPS) is 20.8. The Bertz CT molecular complexity index is 411. The molecule has 120 valence electrons. The van der Waals surface area contributed by atoms with Crippen molar-refractivity contribution in [3.63, 3.8) is 0 Å². The molecule has 0 aromatic heterocycles. The van der Waals surface area contributed by atoms with Crippen LogP contribution in [0.5, 0.6) is 0 Å². The van der Waals surface area contributed by atoms with Gasteiger partial charge in [-0.1, -0.05) is 27.2 Å². The van der Waals surface area contributed by atoms with Crippen molar-refractivity contribution >= 4 is 38.0 Å². The monoisotopic (exact) mass is 342 g/mol. The lowest BCUT2D eigenvalue weighted by atomic mass is 10.1. The van der Waals surface area contributed by atoms with Gasteiger partial charge in [-0.25, -0.2) is 3.63 Å². The number of hydrogen-bond donors (Lipinski definition) is 0. The van der Waals surface area contributed by atoms with Gasteiger partial charge in [0.25, 0.3) is 10.1 Å². The maximum Gasteiger partial charge on any atom is 0.276 e. The van der Waals surface area contributed by atoms with E-state index < -0.39 is 20.4 Å². The summed E-state index contributed by atoms with van der Waals surface area (Å²) in [7, 11) is -5.29. The standard InChI is InChI=1S/C13H26O4S3/c1-4-5-8-20(15,16)17-19(9-6-18-7-10-19)11-13(14)12(2)3/h12H,4-11H2,1-3H3. The number of carbonyl (C=O) groups is 1. The molecular formula is C13H26O4S3. The van der Waals surface area contributed by atoms with Gasteiger partial charge in [-0.15, -0.1) is 10.3 Å². The van der Waals surface area contributed by atoms with Gasteiger partial charge in [0.2, 0.25) is 0 Å². The summed E-state index contributed by atoms with van der Waals surface area (Å²) in [6, 6.07) is 0. The predicted octanol–water partition coefficient (Wildman–Crippen LogP) is 2.82. The van der Waals surface area contributed by atoms with Gasteiger partial charge in [0.1, 0.15) is 5.78 Å². The summed E-state index contributed by atoms with van der Waals surface area (Å²) >= 11 is 1.81. The molecule has 20 heavy (non-hydrogen) atoms. The van der Waals surface area contributed by atoms with Gasteiger partial charge in [-0.3, -0.25) is 4.79 Å². The zero-order valence-corrected chi connectivity index (χ0v) is 15.0. The smallest absolute Gasteiger partial charge is 0.276 e. The number of hydrogen-bond acceptors (Lipinski definition) is 5. The van der Waals surface area contributed by atoms with Crippen LogP contribution in [0.3, 0.4) is 0 Å². The average molecular weight is 343 g/mol. The maximum atomic E-state index is 12.1. The third-order valence-electron chi connectivity index (χ3n) is 3.24. The van der Waals surface area contributed by atoms with Crippen LogP contribution in [0.25, 0.3) is 0 Å². The van der Waals surface area contributed by atoms with Crippen molar-refractivity contribution in [2.24, 2.45) is 5.92 Å².